The summed E-state index contributed by atoms with van der Waals surface area (Å²) in [7, 11) is 1.89. The number of hydrogen-bond donors (Lipinski definition) is 2. The smallest absolute Gasteiger partial charge is 0.246 e. The van der Waals surface area contributed by atoms with E-state index in [4.69, 9.17) is 5.26 Å². The maximum absolute atomic E-state index is 13.3. The van der Waals surface area contributed by atoms with E-state index in [0.29, 0.717) is 12.1 Å². The van der Waals surface area contributed by atoms with Gasteiger partial charge in [0.05, 0.1) is 17.8 Å². The number of amides is 1. The molecule has 170 valence electrons. The largest absolute Gasteiger partial charge is 0.324 e. The number of carbonyl (C=O) groups is 1. The monoisotopic (exact) mass is 449 g/mol. The van der Waals surface area contributed by atoms with E-state index in [0.717, 1.165) is 27.9 Å². The van der Waals surface area contributed by atoms with Gasteiger partial charge in [0.1, 0.15) is 6.04 Å². The first kappa shape index (κ1) is 23.0. The predicted octanol–water partition coefficient (Wildman–Crippen LogP) is 5.03. The first-order valence-electron chi connectivity index (χ1n) is 11.2. The van der Waals surface area contributed by atoms with Gasteiger partial charge in [-0.2, -0.15) is 10.4 Å². The molecular formula is C28H27N5O. The van der Waals surface area contributed by atoms with E-state index >= 15 is 0 Å². The number of rotatable bonds is 8. The Balaban J connectivity index is 1.46. The summed E-state index contributed by atoms with van der Waals surface area (Å²) in [5, 5.41) is 19.7. The highest BCUT2D eigenvalue weighted by Crippen LogP contribution is 2.23. The van der Waals surface area contributed by atoms with Gasteiger partial charge in [-0.05, 0) is 46.9 Å². The molecule has 3 aromatic carbocycles. The van der Waals surface area contributed by atoms with Crippen molar-refractivity contribution in [3.8, 4) is 17.2 Å². The number of anilines is 1. The van der Waals surface area contributed by atoms with Gasteiger partial charge in [0.2, 0.25) is 5.91 Å². The number of nitrogens with zero attached hydrogens (tertiary/aromatic N) is 3. The van der Waals surface area contributed by atoms with Gasteiger partial charge in [-0.3, -0.25) is 9.48 Å². The van der Waals surface area contributed by atoms with Crippen LogP contribution in [0.1, 0.15) is 35.6 Å². The Hall–Kier alpha value is -4.21. The molecule has 34 heavy (non-hydrogen) atoms. The molecule has 0 aliphatic carbocycles. The van der Waals surface area contributed by atoms with E-state index in [9.17, 15) is 4.79 Å². The maximum atomic E-state index is 13.3. The van der Waals surface area contributed by atoms with Crippen molar-refractivity contribution in [2.45, 2.75) is 18.9 Å². The highest BCUT2D eigenvalue weighted by molar-refractivity contribution is 5.95. The van der Waals surface area contributed by atoms with Gasteiger partial charge >= 0.3 is 0 Å². The Labute approximate surface area is 199 Å². The fraction of sp³-hybridized carbons (Fsp3) is 0.179. The van der Waals surface area contributed by atoms with Crippen molar-refractivity contribution in [3.05, 3.63) is 108 Å². The number of aryl methyl sites for hydroxylation is 1. The van der Waals surface area contributed by atoms with Gasteiger partial charge < -0.3 is 10.6 Å². The third kappa shape index (κ3) is 5.58. The van der Waals surface area contributed by atoms with Gasteiger partial charge in [0, 0.05) is 31.0 Å². The van der Waals surface area contributed by atoms with E-state index in [1.807, 2.05) is 98.3 Å². The Kier molecular flexibility index (Phi) is 7.16. The maximum Gasteiger partial charge on any atom is 0.246 e. The SMILES string of the molecule is CC(CN[C@H](C(=O)Nc1ccc(-c2cnn(C)c2)cc1)c1ccccc1)c1ccc(C#N)cc1. The van der Waals surface area contributed by atoms with Crippen LogP contribution in [0.3, 0.4) is 0 Å². The van der Waals surface area contributed by atoms with Crippen molar-refractivity contribution in [2.75, 3.05) is 11.9 Å². The highest BCUT2D eigenvalue weighted by atomic mass is 16.2. The van der Waals surface area contributed by atoms with Crippen molar-refractivity contribution in [1.29, 1.82) is 5.26 Å². The van der Waals surface area contributed by atoms with Crippen LogP contribution in [-0.4, -0.2) is 22.2 Å². The second-order valence-electron chi connectivity index (χ2n) is 8.36. The molecule has 4 aromatic rings. The summed E-state index contributed by atoms with van der Waals surface area (Å²) < 4.78 is 1.76. The minimum absolute atomic E-state index is 0.118. The Morgan fingerprint density at radius 3 is 2.29 bits per heavy atom. The third-order valence-corrected chi connectivity index (χ3v) is 5.82. The van der Waals surface area contributed by atoms with Crippen LogP contribution in [0.2, 0.25) is 0 Å². The van der Waals surface area contributed by atoms with Crippen molar-refractivity contribution < 1.29 is 4.79 Å². The molecule has 1 heterocycles. The second kappa shape index (κ2) is 10.6. The number of nitriles is 1. The zero-order valence-electron chi connectivity index (χ0n) is 19.3. The van der Waals surface area contributed by atoms with E-state index in [-0.39, 0.29) is 11.8 Å². The van der Waals surface area contributed by atoms with Crippen molar-refractivity contribution in [1.82, 2.24) is 15.1 Å². The van der Waals surface area contributed by atoms with Crippen LogP contribution >= 0.6 is 0 Å². The topological polar surface area (TPSA) is 82.7 Å². The Morgan fingerprint density at radius 1 is 0.971 bits per heavy atom. The lowest BCUT2D eigenvalue weighted by molar-refractivity contribution is -0.118. The normalized spacial score (nSPS) is 12.5. The van der Waals surface area contributed by atoms with Crippen LogP contribution in [0.25, 0.3) is 11.1 Å². The van der Waals surface area contributed by atoms with Crippen molar-refractivity contribution in [3.63, 3.8) is 0 Å². The number of aromatic nitrogens is 2. The molecule has 2 N–H and O–H groups in total. The predicted molar refractivity (Wildman–Crippen MR) is 134 cm³/mol. The van der Waals surface area contributed by atoms with Gasteiger partial charge in [-0.25, -0.2) is 0 Å². The molecule has 0 aliphatic rings. The Morgan fingerprint density at radius 2 is 1.68 bits per heavy atom. The molecule has 0 fully saturated rings. The molecule has 0 bridgehead atoms. The molecule has 0 saturated carbocycles. The summed E-state index contributed by atoms with van der Waals surface area (Å²) in [6.07, 6.45) is 3.77. The molecular weight excluding hydrogens is 422 g/mol. The first-order chi connectivity index (χ1) is 16.5. The molecule has 0 spiro atoms. The molecule has 0 aliphatic heterocycles. The van der Waals surface area contributed by atoms with Crippen LogP contribution in [-0.2, 0) is 11.8 Å². The van der Waals surface area contributed by atoms with Gasteiger partial charge in [-0.15, -0.1) is 0 Å². The molecule has 2 atom stereocenters. The van der Waals surface area contributed by atoms with Crippen molar-refractivity contribution >= 4 is 11.6 Å². The summed E-state index contributed by atoms with van der Waals surface area (Å²) >= 11 is 0. The molecule has 1 aromatic heterocycles. The molecule has 0 radical (unpaired) electrons. The lowest BCUT2D eigenvalue weighted by Gasteiger charge is -2.22. The Bertz CT molecular complexity index is 1270. The standard InChI is InChI=1S/C28H27N5O/c1-20(22-10-8-21(16-29)9-11-22)17-30-27(24-6-4-3-5-7-24)28(34)32-26-14-12-23(13-15-26)25-18-31-33(2)19-25/h3-15,18-20,27,30H,17H2,1-2H3,(H,32,34)/t20?,27-/m0/s1. The lowest BCUT2D eigenvalue weighted by Crippen LogP contribution is -2.35. The quantitative estimate of drug-likeness (QED) is 0.395. The fourth-order valence-electron chi connectivity index (χ4n) is 3.84. The zero-order valence-corrected chi connectivity index (χ0v) is 19.3. The molecule has 4 rings (SSSR count). The number of nitrogens with one attached hydrogen (secondary N) is 2. The molecule has 1 amide bonds. The van der Waals surface area contributed by atoms with E-state index in [1.165, 1.54) is 0 Å². The summed E-state index contributed by atoms with van der Waals surface area (Å²) in [5.41, 5.74) is 5.46. The molecule has 1 unspecified atom stereocenters. The number of benzene rings is 3. The highest BCUT2D eigenvalue weighted by Gasteiger charge is 2.21. The molecule has 6 nitrogen and oxygen atoms in total. The van der Waals surface area contributed by atoms with E-state index in [1.54, 1.807) is 4.68 Å². The summed E-state index contributed by atoms with van der Waals surface area (Å²) in [4.78, 5) is 13.3. The minimum Gasteiger partial charge on any atom is -0.324 e. The summed E-state index contributed by atoms with van der Waals surface area (Å²) in [5.74, 6) is 0.0536. The summed E-state index contributed by atoms with van der Waals surface area (Å²) in [6, 6.07) is 26.7. The summed E-state index contributed by atoms with van der Waals surface area (Å²) in [6.45, 7) is 2.71. The van der Waals surface area contributed by atoms with Crippen LogP contribution in [0.5, 0.6) is 0 Å². The van der Waals surface area contributed by atoms with Crippen molar-refractivity contribution in [2.24, 2.45) is 7.05 Å². The lowest BCUT2D eigenvalue weighted by atomic mass is 9.98. The van der Waals surface area contributed by atoms with Gasteiger partial charge in [-0.1, -0.05) is 61.5 Å². The second-order valence-corrected chi connectivity index (χ2v) is 8.36. The average molecular weight is 450 g/mol. The molecule has 0 saturated heterocycles. The number of hydrogen-bond acceptors (Lipinski definition) is 4. The van der Waals surface area contributed by atoms with E-state index in [2.05, 4.69) is 28.7 Å². The minimum atomic E-state index is -0.500. The van der Waals surface area contributed by atoms with Gasteiger partial charge in [0.25, 0.3) is 0 Å². The van der Waals surface area contributed by atoms with Crippen LogP contribution in [0, 0.1) is 11.3 Å². The van der Waals surface area contributed by atoms with Gasteiger partial charge in [0.15, 0.2) is 0 Å². The van der Waals surface area contributed by atoms with E-state index < -0.39 is 6.04 Å². The zero-order chi connectivity index (χ0) is 23.9. The third-order valence-electron chi connectivity index (χ3n) is 5.82. The number of carbonyl (C=O) groups excluding carboxylic acids is 1. The fourth-order valence-corrected chi connectivity index (χ4v) is 3.84. The molecule has 6 heteroatoms. The first-order valence-corrected chi connectivity index (χ1v) is 11.2. The van der Waals surface area contributed by atoms with Crippen LogP contribution < -0.4 is 10.6 Å². The average Bonchev–Trinajstić information content (AvgIpc) is 3.31. The van der Waals surface area contributed by atoms with Crippen LogP contribution in [0.15, 0.2) is 91.3 Å². The van der Waals surface area contributed by atoms with Crippen LogP contribution in [0.4, 0.5) is 5.69 Å².